The summed E-state index contributed by atoms with van der Waals surface area (Å²) < 4.78 is 11.0. The van der Waals surface area contributed by atoms with E-state index in [-0.39, 0.29) is 0 Å². The summed E-state index contributed by atoms with van der Waals surface area (Å²) in [6, 6.07) is 18.3. The Bertz CT molecular complexity index is 820. The van der Waals surface area contributed by atoms with Gasteiger partial charge < -0.3 is 19.8 Å². The Morgan fingerprint density at radius 1 is 1.00 bits per heavy atom. The molecule has 0 bridgehead atoms. The van der Waals surface area contributed by atoms with Crippen LogP contribution < -0.4 is 15.4 Å². The van der Waals surface area contributed by atoms with Crippen molar-refractivity contribution in [1.82, 2.24) is 10.6 Å². The molecule has 3 rings (SSSR count). The molecule has 0 fully saturated rings. The number of rotatable bonds is 7. The third kappa shape index (κ3) is 4.79. The van der Waals surface area contributed by atoms with Crippen molar-refractivity contribution in [1.29, 1.82) is 0 Å². The quantitative estimate of drug-likeness (QED) is 0.506. The minimum Gasteiger partial charge on any atom is -0.497 e. The van der Waals surface area contributed by atoms with Crippen molar-refractivity contribution in [2.45, 2.75) is 12.8 Å². The zero-order chi connectivity index (χ0) is 18.2. The van der Waals surface area contributed by atoms with Crippen molar-refractivity contribution in [2.75, 3.05) is 27.2 Å². The summed E-state index contributed by atoms with van der Waals surface area (Å²) in [5.74, 6) is 2.66. The summed E-state index contributed by atoms with van der Waals surface area (Å²) in [4.78, 5) is 4.26. The number of fused-ring (bicyclic) bond motifs is 1. The summed E-state index contributed by atoms with van der Waals surface area (Å²) in [7, 11) is 3.46. The molecule has 0 radical (unpaired) electrons. The van der Waals surface area contributed by atoms with Crippen molar-refractivity contribution in [3.8, 4) is 5.75 Å². The fraction of sp³-hybridized carbons (Fsp3) is 0.286. The molecule has 0 amide bonds. The van der Waals surface area contributed by atoms with Gasteiger partial charge in [-0.05, 0) is 36.2 Å². The summed E-state index contributed by atoms with van der Waals surface area (Å²) in [6.07, 6.45) is 1.74. The van der Waals surface area contributed by atoms with Gasteiger partial charge >= 0.3 is 0 Å². The Balaban J connectivity index is 1.41. The predicted molar refractivity (Wildman–Crippen MR) is 106 cm³/mol. The van der Waals surface area contributed by atoms with Crippen molar-refractivity contribution < 1.29 is 9.15 Å². The Kier molecular flexibility index (Phi) is 6.14. The topological polar surface area (TPSA) is 58.8 Å². The third-order valence-electron chi connectivity index (χ3n) is 4.23. The SMILES string of the molecule is CN=C(NCCc1ccc(OC)cc1)NCCc1cc2ccccc2o1. The van der Waals surface area contributed by atoms with Gasteiger partial charge in [0.15, 0.2) is 5.96 Å². The van der Waals surface area contributed by atoms with E-state index in [0.29, 0.717) is 0 Å². The Labute approximate surface area is 154 Å². The molecule has 0 saturated carbocycles. The van der Waals surface area contributed by atoms with E-state index in [4.69, 9.17) is 9.15 Å². The largest absolute Gasteiger partial charge is 0.497 e. The van der Waals surface area contributed by atoms with Crippen LogP contribution in [0.1, 0.15) is 11.3 Å². The van der Waals surface area contributed by atoms with Gasteiger partial charge in [-0.1, -0.05) is 30.3 Å². The molecule has 0 aliphatic carbocycles. The molecule has 0 atom stereocenters. The molecule has 0 aliphatic rings. The highest BCUT2D eigenvalue weighted by atomic mass is 16.5. The van der Waals surface area contributed by atoms with E-state index in [1.165, 1.54) is 5.56 Å². The van der Waals surface area contributed by atoms with Crippen molar-refractivity contribution in [3.63, 3.8) is 0 Å². The molecule has 136 valence electrons. The monoisotopic (exact) mass is 351 g/mol. The molecule has 0 spiro atoms. The summed E-state index contributed by atoms with van der Waals surface area (Å²) in [6.45, 7) is 1.58. The number of guanidine groups is 1. The summed E-state index contributed by atoms with van der Waals surface area (Å²) in [5, 5.41) is 7.81. The molecular formula is C21H25N3O2. The summed E-state index contributed by atoms with van der Waals surface area (Å²) >= 11 is 0. The van der Waals surface area contributed by atoms with Crippen LogP contribution in [0.15, 0.2) is 64.0 Å². The number of nitrogens with zero attached hydrogens (tertiary/aromatic N) is 1. The average molecular weight is 351 g/mol. The second-order valence-electron chi connectivity index (χ2n) is 6.02. The molecular weight excluding hydrogens is 326 g/mol. The van der Waals surface area contributed by atoms with Crippen molar-refractivity contribution in [3.05, 3.63) is 65.9 Å². The molecule has 2 aromatic carbocycles. The minimum atomic E-state index is 0.766. The molecule has 5 heteroatoms. The van der Waals surface area contributed by atoms with E-state index < -0.39 is 0 Å². The molecule has 0 saturated heterocycles. The van der Waals surface area contributed by atoms with E-state index >= 15 is 0 Å². The van der Waals surface area contributed by atoms with Crippen LogP contribution in [0.25, 0.3) is 11.0 Å². The highest BCUT2D eigenvalue weighted by Crippen LogP contribution is 2.18. The maximum Gasteiger partial charge on any atom is 0.191 e. The molecule has 1 aromatic heterocycles. The minimum absolute atomic E-state index is 0.766. The second kappa shape index (κ2) is 8.94. The lowest BCUT2D eigenvalue weighted by atomic mass is 10.1. The molecule has 26 heavy (non-hydrogen) atoms. The number of ether oxygens (including phenoxy) is 1. The zero-order valence-electron chi connectivity index (χ0n) is 15.3. The molecule has 2 N–H and O–H groups in total. The molecule has 0 aliphatic heterocycles. The van der Waals surface area contributed by atoms with Crippen LogP contribution >= 0.6 is 0 Å². The molecule has 3 aromatic rings. The van der Waals surface area contributed by atoms with Gasteiger partial charge in [-0.15, -0.1) is 0 Å². The van der Waals surface area contributed by atoms with E-state index in [1.54, 1.807) is 14.2 Å². The van der Waals surface area contributed by atoms with E-state index in [9.17, 15) is 0 Å². The lowest BCUT2D eigenvalue weighted by Crippen LogP contribution is -2.39. The fourth-order valence-corrected chi connectivity index (χ4v) is 2.80. The highest BCUT2D eigenvalue weighted by molar-refractivity contribution is 5.80. The van der Waals surface area contributed by atoms with Crippen LogP contribution in [-0.2, 0) is 12.8 Å². The van der Waals surface area contributed by atoms with Crippen molar-refractivity contribution in [2.24, 2.45) is 4.99 Å². The maximum atomic E-state index is 5.83. The smallest absolute Gasteiger partial charge is 0.191 e. The first-order valence-corrected chi connectivity index (χ1v) is 8.83. The number of para-hydroxylation sites is 1. The van der Waals surface area contributed by atoms with Gasteiger partial charge in [0.2, 0.25) is 0 Å². The maximum absolute atomic E-state index is 5.83. The van der Waals surface area contributed by atoms with Gasteiger partial charge in [0.1, 0.15) is 17.1 Å². The lowest BCUT2D eigenvalue weighted by molar-refractivity contribution is 0.414. The van der Waals surface area contributed by atoms with Gasteiger partial charge in [0.05, 0.1) is 7.11 Å². The Morgan fingerprint density at radius 2 is 1.73 bits per heavy atom. The van der Waals surface area contributed by atoms with E-state index in [1.807, 2.05) is 30.3 Å². The predicted octanol–water partition coefficient (Wildman–Crippen LogP) is 3.39. The fourth-order valence-electron chi connectivity index (χ4n) is 2.80. The first kappa shape index (κ1) is 17.9. The number of aliphatic imine (C=N–C) groups is 1. The normalized spacial score (nSPS) is 11.5. The molecule has 0 unspecified atom stereocenters. The summed E-state index contributed by atoms with van der Waals surface area (Å²) in [5.41, 5.74) is 2.19. The first-order valence-electron chi connectivity index (χ1n) is 8.83. The van der Waals surface area contributed by atoms with Crippen LogP contribution in [-0.4, -0.2) is 33.2 Å². The van der Waals surface area contributed by atoms with Crippen LogP contribution in [0.3, 0.4) is 0 Å². The van der Waals surface area contributed by atoms with E-state index in [0.717, 1.165) is 54.4 Å². The van der Waals surface area contributed by atoms with Crippen LogP contribution in [0.5, 0.6) is 5.75 Å². The Hall–Kier alpha value is -2.95. The number of nitrogens with one attached hydrogen (secondary N) is 2. The second-order valence-corrected chi connectivity index (χ2v) is 6.02. The number of hydrogen-bond acceptors (Lipinski definition) is 3. The molecule has 5 nitrogen and oxygen atoms in total. The number of methoxy groups -OCH3 is 1. The number of hydrogen-bond donors (Lipinski definition) is 2. The highest BCUT2D eigenvalue weighted by Gasteiger charge is 2.04. The van der Waals surface area contributed by atoms with E-state index in [2.05, 4.69) is 39.9 Å². The standard InChI is InChI=1S/C21H25N3O2/c1-22-21(23-13-11-16-7-9-18(25-2)10-8-16)24-14-12-19-15-17-5-3-4-6-20(17)26-19/h3-10,15H,11-14H2,1-2H3,(H2,22,23,24). The van der Waals surface area contributed by atoms with Crippen LogP contribution in [0.2, 0.25) is 0 Å². The van der Waals surface area contributed by atoms with Gasteiger partial charge in [-0.3, -0.25) is 4.99 Å². The van der Waals surface area contributed by atoms with Crippen molar-refractivity contribution >= 4 is 16.9 Å². The third-order valence-corrected chi connectivity index (χ3v) is 4.23. The first-order chi connectivity index (χ1) is 12.8. The van der Waals surface area contributed by atoms with Gasteiger partial charge in [-0.25, -0.2) is 0 Å². The number of benzene rings is 2. The average Bonchev–Trinajstić information content (AvgIpc) is 3.10. The zero-order valence-corrected chi connectivity index (χ0v) is 15.3. The lowest BCUT2D eigenvalue weighted by Gasteiger charge is -2.11. The van der Waals surface area contributed by atoms with Gasteiger partial charge in [0.25, 0.3) is 0 Å². The number of furan rings is 1. The van der Waals surface area contributed by atoms with Gasteiger partial charge in [0, 0.05) is 31.9 Å². The van der Waals surface area contributed by atoms with Crippen LogP contribution in [0, 0.1) is 0 Å². The van der Waals surface area contributed by atoms with Gasteiger partial charge in [-0.2, -0.15) is 0 Å². The van der Waals surface area contributed by atoms with Crippen LogP contribution in [0.4, 0.5) is 0 Å². The molecule has 1 heterocycles. The Morgan fingerprint density at radius 3 is 2.42 bits per heavy atom.